The van der Waals surface area contributed by atoms with E-state index in [2.05, 4.69) is 9.71 Å². The largest absolute Gasteiger partial charge is 0.478 e. The summed E-state index contributed by atoms with van der Waals surface area (Å²) in [5.74, 6) is -0.894. The molecule has 0 saturated carbocycles. The summed E-state index contributed by atoms with van der Waals surface area (Å²) in [7, 11) is -3.78. The number of anilines is 1. The van der Waals surface area contributed by atoms with Crippen LogP contribution in [0.25, 0.3) is 0 Å². The second-order valence-corrected chi connectivity index (χ2v) is 5.84. The van der Waals surface area contributed by atoms with Gasteiger partial charge in [-0.1, -0.05) is 0 Å². The zero-order chi connectivity index (χ0) is 14.8. The van der Waals surface area contributed by atoms with E-state index in [4.69, 9.17) is 5.11 Å². The average Bonchev–Trinajstić information content (AvgIpc) is 2.38. The number of nitrogens with one attached hydrogen (secondary N) is 1. The van der Waals surface area contributed by atoms with E-state index in [0.29, 0.717) is 0 Å². The molecule has 1 aromatic carbocycles. The number of rotatable bonds is 4. The molecule has 0 saturated heterocycles. The number of hydrogen-bond acceptors (Lipinski definition) is 4. The lowest BCUT2D eigenvalue weighted by Gasteiger charge is -2.07. The van der Waals surface area contributed by atoms with Crippen LogP contribution in [0, 0.1) is 6.92 Å². The smallest absolute Gasteiger partial charge is 0.335 e. The van der Waals surface area contributed by atoms with E-state index in [1.807, 2.05) is 6.92 Å². The predicted octanol–water partition coefficient (Wildman–Crippen LogP) is 1.89. The molecule has 2 aromatic rings. The molecule has 0 atom stereocenters. The van der Waals surface area contributed by atoms with Gasteiger partial charge in [-0.3, -0.25) is 4.72 Å². The van der Waals surface area contributed by atoms with Gasteiger partial charge in [0, 0.05) is 6.20 Å². The van der Waals surface area contributed by atoms with Crippen LogP contribution in [0.5, 0.6) is 0 Å². The zero-order valence-electron chi connectivity index (χ0n) is 10.6. The third kappa shape index (κ3) is 3.12. The van der Waals surface area contributed by atoms with Crippen molar-refractivity contribution in [2.24, 2.45) is 0 Å². The van der Waals surface area contributed by atoms with Gasteiger partial charge in [0.25, 0.3) is 10.0 Å². The molecule has 0 spiro atoms. The highest BCUT2D eigenvalue weighted by Crippen LogP contribution is 2.15. The fourth-order valence-electron chi connectivity index (χ4n) is 1.57. The number of hydrogen-bond donors (Lipinski definition) is 2. The van der Waals surface area contributed by atoms with Gasteiger partial charge < -0.3 is 5.11 Å². The van der Waals surface area contributed by atoms with E-state index in [1.54, 1.807) is 12.1 Å². The molecule has 2 N–H and O–H groups in total. The number of aromatic carboxylic acids is 1. The lowest BCUT2D eigenvalue weighted by Crippen LogP contribution is -2.14. The number of aryl methyl sites for hydroxylation is 1. The molecule has 2 rings (SSSR count). The van der Waals surface area contributed by atoms with Crippen molar-refractivity contribution in [1.29, 1.82) is 0 Å². The van der Waals surface area contributed by atoms with Gasteiger partial charge in [-0.2, -0.15) is 0 Å². The summed E-state index contributed by atoms with van der Waals surface area (Å²) in [4.78, 5) is 14.6. The molecular formula is C13H12N2O4S. The van der Waals surface area contributed by atoms with Crippen molar-refractivity contribution < 1.29 is 18.3 Å². The van der Waals surface area contributed by atoms with Crippen LogP contribution in [0.3, 0.4) is 0 Å². The van der Waals surface area contributed by atoms with E-state index in [9.17, 15) is 13.2 Å². The number of carbonyl (C=O) groups is 1. The van der Waals surface area contributed by atoms with Gasteiger partial charge in [-0.15, -0.1) is 0 Å². The van der Waals surface area contributed by atoms with Gasteiger partial charge in [0.1, 0.15) is 5.82 Å². The minimum Gasteiger partial charge on any atom is -0.478 e. The molecule has 0 fully saturated rings. The number of carboxylic acid groups (broad SMARTS) is 1. The van der Waals surface area contributed by atoms with Gasteiger partial charge in [0.2, 0.25) is 0 Å². The number of aromatic nitrogens is 1. The molecular weight excluding hydrogens is 280 g/mol. The van der Waals surface area contributed by atoms with Gasteiger partial charge in [-0.05, 0) is 48.9 Å². The van der Waals surface area contributed by atoms with Crippen LogP contribution in [-0.4, -0.2) is 24.5 Å². The maximum Gasteiger partial charge on any atom is 0.335 e. The van der Waals surface area contributed by atoms with Crippen molar-refractivity contribution in [3.05, 3.63) is 53.7 Å². The molecule has 1 aromatic heterocycles. The van der Waals surface area contributed by atoms with Crippen LogP contribution in [0.2, 0.25) is 0 Å². The molecule has 0 bridgehead atoms. The number of pyridine rings is 1. The second kappa shape index (κ2) is 5.30. The molecule has 0 radical (unpaired) electrons. The molecule has 6 nitrogen and oxygen atoms in total. The summed E-state index contributed by atoms with van der Waals surface area (Å²) in [6.45, 7) is 1.82. The first kappa shape index (κ1) is 14.0. The first-order chi connectivity index (χ1) is 9.38. The summed E-state index contributed by atoms with van der Waals surface area (Å²) >= 11 is 0. The highest BCUT2D eigenvalue weighted by atomic mass is 32.2. The second-order valence-electron chi connectivity index (χ2n) is 4.15. The minimum atomic E-state index is -3.78. The normalized spacial score (nSPS) is 11.1. The molecule has 0 amide bonds. The third-order valence-corrected chi connectivity index (χ3v) is 3.94. The van der Waals surface area contributed by atoms with Crippen molar-refractivity contribution in [2.75, 3.05) is 4.72 Å². The van der Waals surface area contributed by atoms with Crippen LogP contribution >= 0.6 is 0 Å². The zero-order valence-corrected chi connectivity index (χ0v) is 11.4. The molecule has 104 valence electrons. The standard InChI is InChI=1S/C13H12N2O4S/c1-9-6-7-14-12(8-9)15-20(18,19)11-4-2-10(3-5-11)13(16)17/h2-8H,1H3,(H,14,15)(H,16,17). The van der Waals surface area contributed by atoms with Crippen LogP contribution < -0.4 is 4.72 Å². The molecule has 1 heterocycles. The van der Waals surface area contributed by atoms with Crippen LogP contribution in [0.15, 0.2) is 47.5 Å². The first-order valence-corrected chi connectivity index (χ1v) is 7.16. The SMILES string of the molecule is Cc1ccnc(NS(=O)(=O)c2ccc(C(=O)O)cc2)c1. The van der Waals surface area contributed by atoms with Crippen molar-refractivity contribution in [2.45, 2.75) is 11.8 Å². The maximum atomic E-state index is 12.1. The van der Waals surface area contributed by atoms with E-state index < -0.39 is 16.0 Å². The van der Waals surface area contributed by atoms with Crippen LogP contribution in [0.1, 0.15) is 15.9 Å². The number of sulfonamides is 1. The molecule has 0 unspecified atom stereocenters. The van der Waals surface area contributed by atoms with Crippen molar-refractivity contribution in [1.82, 2.24) is 4.98 Å². The Hall–Kier alpha value is -2.41. The summed E-state index contributed by atoms with van der Waals surface area (Å²) in [6.07, 6.45) is 1.50. The molecule has 20 heavy (non-hydrogen) atoms. The third-order valence-electron chi connectivity index (χ3n) is 2.57. The lowest BCUT2D eigenvalue weighted by atomic mass is 10.2. The van der Waals surface area contributed by atoms with E-state index >= 15 is 0 Å². The topological polar surface area (TPSA) is 96.4 Å². The Morgan fingerprint density at radius 1 is 1.20 bits per heavy atom. The summed E-state index contributed by atoms with van der Waals surface area (Å²) in [5, 5.41) is 8.77. The number of carboxylic acids is 1. The van der Waals surface area contributed by atoms with Crippen molar-refractivity contribution >= 4 is 21.8 Å². The van der Waals surface area contributed by atoms with Crippen molar-refractivity contribution in [3.8, 4) is 0 Å². The fraction of sp³-hybridized carbons (Fsp3) is 0.0769. The first-order valence-electron chi connectivity index (χ1n) is 5.67. The maximum absolute atomic E-state index is 12.1. The van der Waals surface area contributed by atoms with E-state index in [-0.39, 0.29) is 16.3 Å². The van der Waals surface area contributed by atoms with E-state index in [0.717, 1.165) is 5.56 Å². The quantitative estimate of drug-likeness (QED) is 0.897. The summed E-state index contributed by atoms with van der Waals surface area (Å²) < 4.78 is 26.5. The van der Waals surface area contributed by atoms with Crippen molar-refractivity contribution in [3.63, 3.8) is 0 Å². The average molecular weight is 292 g/mol. The Balaban J connectivity index is 2.28. The van der Waals surface area contributed by atoms with Crippen LogP contribution in [0.4, 0.5) is 5.82 Å². The Labute approximate surface area is 116 Å². The Kier molecular flexibility index (Phi) is 3.71. The lowest BCUT2D eigenvalue weighted by molar-refractivity contribution is 0.0696. The summed E-state index contributed by atoms with van der Waals surface area (Å²) in [5.41, 5.74) is 0.900. The monoisotopic (exact) mass is 292 g/mol. The Morgan fingerprint density at radius 3 is 2.40 bits per heavy atom. The highest BCUT2D eigenvalue weighted by molar-refractivity contribution is 7.92. The molecule has 0 aliphatic carbocycles. The highest BCUT2D eigenvalue weighted by Gasteiger charge is 2.15. The number of benzene rings is 1. The molecule has 0 aliphatic heterocycles. The minimum absolute atomic E-state index is 0.0224. The Morgan fingerprint density at radius 2 is 1.85 bits per heavy atom. The summed E-state index contributed by atoms with van der Waals surface area (Å²) in [6, 6.07) is 8.30. The van der Waals surface area contributed by atoms with Gasteiger partial charge in [-0.25, -0.2) is 18.2 Å². The fourth-order valence-corrected chi connectivity index (χ4v) is 2.56. The van der Waals surface area contributed by atoms with Gasteiger partial charge >= 0.3 is 5.97 Å². The van der Waals surface area contributed by atoms with Gasteiger partial charge in [0.05, 0.1) is 10.5 Å². The molecule has 7 heteroatoms. The van der Waals surface area contributed by atoms with Gasteiger partial charge in [0.15, 0.2) is 0 Å². The predicted molar refractivity (Wildman–Crippen MR) is 73.2 cm³/mol. The Bertz CT molecular complexity index is 739. The number of nitrogens with zero attached hydrogens (tertiary/aromatic N) is 1. The van der Waals surface area contributed by atoms with Crippen LogP contribution in [-0.2, 0) is 10.0 Å². The van der Waals surface area contributed by atoms with E-state index in [1.165, 1.54) is 30.5 Å². The molecule has 0 aliphatic rings.